The van der Waals surface area contributed by atoms with Crippen molar-refractivity contribution in [2.24, 2.45) is 0 Å². The van der Waals surface area contributed by atoms with E-state index in [1.54, 1.807) is 41.5 Å². The van der Waals surface area contributed by atoms with Gasteiger partial charge in [-0.25, -0.2) is 4.98 Å². The molecule has 0 spiro atoms. The molecular weight excluding hydrogens is 384 g/mol. The second-order valence-electron chi connectivity index (χ2n) is 6.21. The average molecular weight is 401 g/mol. The van der Waals surface area contributed by atoms with E-state index in [1.165, 1.54) is 6.08 Å². The first kappa shape index (κ1) is 17.8. The molecular formula is C20H17ClN2O3S. The van der Waals surface area contributed by atoms with E-state index in [9.17, 15) is 4.79 Å². The van der Waals surface area contributed by atoms with Gasteiger partial charge in [0.1, 0.15) is 5.01 Å². The van der Waals surface area contributed by atoms with E-state index in [2.05, 4.69) is 4.98 Å². The number of fused-ring (bicyclic) bond motifs is 2. The van der Waals surface area contributed by atoms with Crippen molar-refractivity contribution >= 4 is 45.1 Å². The third-order valence-corrected chi connectivity index (χ3v) is 5.95. The lowest BCUT2D eigenvalue weighted by molar-refractivity contribution is -0.126. The van der Waals surface area contributed by atoms with Gasteiger partial charge in [0.25, 0.3) is 0 Å². The van der Waals surface area contributed by atoms with E-state index >= 15 is 0 Å². The molecule has 0 unspecified atom stereocenters. The normalized spacial score (nSPS) is 14.0. The molecule has 1 aliphatic heterocycles. The highest BCUT2D eigenvalue weighted by molar-refractivity contribution is 7.18. The van der Waals surface area contributed by atoms with Gasteiger partial charge in [0.2, 0.25) is 12.7 Å². The molecule has 1 aromatic heterocycles. The van der Waals surface area contributed by atoms with E-state index < -0.39 is 0 Å². The number of ether oxygens (including phenoxy) is 2. The standard InChI is InChI=1S/C20H17ClN2O3S/c1-12(20-22-15-5-3-4-6-17(15)27-20)23(2)18(24)8-7-13-9-14(21)19-16(10-13)25-11-26-19/h3-10,12H,11H2,1-2H3/b8-7+/t12-/m0/s1. The van der Waals surface area contributed by atoms with Gasteiger partial charge in [-0.05, 0) is 42.8 Å². The molecule has 2 heterocycles. The predicted octanol–water partition coefficient (Wildman–Crippen LogP) is 4.91. The molecule has 5 nitrogen and oxygen atoms in total. The van der Waals surface area contributed by atoms with Crippen molar-refractivity contribution in [3.05, 3.63) is 58.1 Å². The topological polar surface area (TPSA) is 51.7 Å². The van der Waals surface area contributed by atoms with Crippen LogP contribution in [0.25, 0.3) is 16.3 Å². The Labute approximate surface area is 165 Å². The summed E-state index contributed by atoms with van der Waals surface area (Å²) < 4.78 is 11.8. The fraction of sp³-hybridized carbons (Fsp3) is 0.200. The molecule has 0 fully saturated rings. The number of thiazole rings is 1. The third-order valence-electron chi connectivity index (χ3n) is 4.46. The number of amides is 1. The van der Waals surface area contributed by atoms with Crippen LogP contribution in [0.4, 0.5) is 0 Å². The number of carbonyl (C=O) groups is 1. The van der Waals surface area contributed by atoms with Gasteiger partial charge in [-0.1, -0.05) is 23.7 Å². The summed E-state index contributed by atoms with van der Waals surface area (Å²) in [6.07, 6.45) is 3.25. The van der Waals surface area contributed by atoms with Crippen LogP contribution in [0.1, 0.15) is 23.5 Å². The molecule has 0 bridgehead atoms. The summed E-state index contributed by atoms with van der Waals surface area (Å²) >= 11 is 7.78. The quantitative estimate of drug-likeness (QED) is 0.584. The number of likely N-dealkylation sites (N-methyl/N-ethyl adjacent to an activating group) is 1. The molecule has 4 rings (SSSR count). The summed E-state index contributed by atoms with van der Waals surface area (Å²) in [7, 11) is 1.77. The molecule has 3 aromatic rings. The maximum Gasteiger partial charge on any atom is 0.246 e. The number of aromatic nitrogens is 1. The van der Waals surface area contributed by atoms with Gasteiger partial charge in [-0.2, -0.15) is 0 Å². The lowest BCUT2D eigenvalue weighted by Crippen LogP contribution is -2.27. The van der Waals surface area contributed by atoms with Crippen LogP contribution in [0.3, 0.4) is 0 Å². The molecule has 1 atom stereocenters. The molecule has 0 radical (unpaired) electrons. The summed E-state index contributed by atoms with van der Waals surface area (Å²) in [5.74, 6) is 1.02. The van der Waals surface area contributed by atoms with Crippen LogP contribution in [-0.2, 0) is 4.79 Å². The second-order valence-corrected chi connectivity index (χ2v) is 7.68. The molecule has 0 saturated heterocycles. The SMILES string of the molecule is C[C@@H](c1nc2ccccc2s1)N(C)C(=O)/C=C/c1cc(Cl)c2c(c1)OCO2. The summed E-state index contributed by atoms with van der Waals surface area (Å²) in [6, 6.07) is 11.4. The Morgan fingerprint density at radius 2 is 2.15 bits per heavy atom. The first-order valence-corrected chi connectivity index (χ1v) is 9.62. The second kappa shape index (κ2) is 7.21. The zero-order chi connectivity index (χ0) is 19.0. The number of hydrogen-bond acceptors (Lipinski definition) is 5. The summed E-state index contributed by atoms with van der Waals surface area (Å²) in [5.41, 5.74) is 1.73. The number of rotatable bonds is 4. The largest absolute Gasteiger partial charge is 0.454 e. The lowest BCUT2D eigenvalue weighted by Gasteiger charge is -2.21. The van der Waals surface area contributed by atoms with Crippen molar-refractivity contribution in [3.63, 3.8) is 0 Å². The fourth-order valence-corrected chi connectivity index (χ4v) is 4.13. The van der Waals surface area contributed by atoms with Gasteiger partial charge in [-0.3, -0.25) is 4.79 Å². The van der Waals surface area contributed by atoms with Crippen LogP contribution in [-0.4, -0.2) is 29.6 Å². The summed E-state index contributed by atoms with van der Waals surface area (Å²) in [5, 5.41) is 1.37. The maximum atomic E-state index is 12.6. The third kappa shape index (κ3) is 3.50. The van der Waals surface area contributed by atoms with E-state index in [-0.39, 0.29) is 18.7 Å². The minimum absolute atomic E-state index is 0.115. The molecule has 7 heteroatoms. The number of nitrogens with zero attached hydrogens (tertiary/aromatic N) is 2. The highest BCUT2D eigenvalue weighted by Gasteiger charge is 2.20. The Kier molecular flexibility index (Phi) is 4.76. The minimum atomic E-state index is -0.125. The van der Waals surface area contributed by atoms with Crippen LogP contribution in [0, 0.1) is 0 Å². The Hall–Kier alpha value is -2.57. The van der Waals surface area contributed by atoms with Gasteiger partial charge in [-0.15, -0.1) is 11.3 Å². The van der Waals surface area contributed by atoms with Crippen molar-refractivity contribution in [1.29, 1.82) is 0 Å². The molecule has 1 aliphatic rings. The van der Waals surface area contributed by atoms with Crippen molar-refractivity contribution in [2.45, 2.75) is 13.0 Å². The number of benzene rings is 2. The van der Waals surface area contributed by atoms with E-state index in [0.717, 1.165) is 20.8 Å². The van der Waals surface area contributed by atoms with Crippen LogP contribution < -0.4 is 9.47 Å². The van der Waals surface area contributed by atoms with Crippen molar-refractivity contribution in [3.8, 4) is 11.5 Å². The number of carbonyl (C=O) groups excluding carboxylic acids is 1. The first-order chi connectivity index (χ1) is 13.0. The summed E-state index contributed by atoms with van der Waals surface area (Å²) in [4.78, 5) is 18.9. The highest BCUT2D eigenvalue weighted by Crippen LogP contribution is 2.40. The van der Waals surface area contributed by atoms with Gasteiger partial charge < -0.3 is 14.4 Å². The fourth-order valence-electron chi connectivity index (χ4n) is 2.79. The Bertz CT molecular complexity index is 1010. The van der Waals surface area contributed by atoms with Gasteiger partial charge in [0, 0.05) is 13.1 Å². The maximum absolute atomic E-state index is 12.6. The Morgan fingerprint density at radius 1 is 1.33 bits per heavy atom. The number of hydrogen-bond donors (Lipinski definition) is 0. The monoisotopic (exact) mass is 400 g/mol. The number of para-hydroxylation sites is 1. The van der Waals surface area contributed by atoms with Gasteiger partial charge in [0.15, 0.2) is 11.5 Å². The Morgan fingerprint density at radius 3 is 2.96 bits per heavy atom. The molecule has 0 saturated carbocycles. The molecule has 1 amide bonds. The summed E-state index contributed by atoms with van der Waals surface area (Å²) in [6.45, 7) is 2.13. The molecule has 27 heavy (non-hydrogen) atoms. The zero-order valence-electron chi connectivity index (χ0n) is 14.8. The van der Waals surface area contributed by atoms with E-state index in [4.69, 9.17) is 21.1 Å². The van der Waals surface area contributed by atoms with E-state index in [0.29, 0.717) is 16.5 Å². The molecule has 0 N–H and O–H groups in total. The van der Waals surface area contributed by atoms with Crippen molar-refractivity contribution < 1.29 is 14.3 Å². The smallest absolute Gasteiger partial charge is 0.246 e. The van der Waals surface area contributed by atoms with Crippen LogP contribution in [0.15, 0.2) is 42.5 Å². The van der Waals surface area contributed by atoms with Gasteiger partial charge in [0.05, 0.1) is 21.3 Å². The molecule has 0 aliphatic carbocycles. The van der Waals surface area contributed by atoms with Crippen LogP contribution in [0.2, 0.25) is 5.02 Å². The Balaban J connectivity index is 1.50. The first-order valence-electron chi connectivity index (χ1n) is 8.42. The highest BCUT2D eigenvalue weighted by atomic mass is 35.5. The van der Waals surface area contributed by atoms with Gasteiger partial charge >= 0.3 is 0 Å². The molecule has 138 valence electrons. The molecule has 2 aromatic carbocycles. The lowest BCUT2D eigenvalue weighted by atomic mass is 10.2. The van der Waals surface area contributed by atoms with Crippen LogP contribution in [0.5, 0.6) is 11.5 Å². The van der Waals surface area contributed by atoms with Crippen molar-refractivity contribution in [1.82, 2.24) is 9.88 Å². The van der Waals surface area contributed by atoms with Crippen LogP contribution >= 0.6 is 22.9 Å². The minimum Gasteiger partial charge on any atom is -0.454 e. The number of halogens is 1. The average Bonchev–Trinajstić information content (AvgIpc) is 3.31. The van der Waals surface area contributed by atoms with Crippen molar-refractivity contribution in [2.75, 3.05) is 13.8 Å². The van der Waals surface area contributed by atoms with E-state index in [1.807, 2.05) is 31.2 Å². The predicted molar refractivity (Wildman–Crippen MR) is 107 cm³/mol. The zero-order valence-corrected chi connectivity index (χ0v) is 16.4.